The van der Waals surface area contributed by atoms with Gasteiger partial charge in [-0.1, -0.05) is 17.7 Å². The summed E-state index contributed by atoms with van der Waals surface area (Å²) in [5.41, 5.74) is 1.67. The number of carbonyl (C=O) groups excluding carboxylic acids is 2. The lowest BCUT2D eigenvalue weighted by Gasteiger charge is -2.38. The Bertz CT molecular complexity index is 566. The molecule has 0 fully saturated rings. The standard InChI is InChI=1S/C17H22ClNO3/c1-17(2,3)22-16(21)19-9-8-12-11-13(18)6-7-14(12)15(19)5-4-10-20/h6-7,10-11,15H,4-5,8-9H2,1-3H3. The van der Waals surface area contributed by atoms with E-state index in [4.69, 9.17) is 16.3 Å². The highest BCUT2D eigenvalue weighted by molar-refractivity contribution is 6.30. The van der Waals surface area contributed by atoms with Gasteiger partial charge in [-0.15, -0.1) is 0 Å². The number of amides is 1. The predicted molar refractivity (Wildman–Crippen MR) is 86.1 cm³/mol. The average Bonchev–Trinajstić information content (AvgIpc) is 2.42. The van der Waals surface area contributed by atoms with Crippen molar-refractivity contribution in [3.05, 3.63) is 34.3 Å². The molecule has 0 aromatic heterocycles. The highest BCUT2D eigenvalue weighted by Gasteiger charge is 2.33. The lowest BCUT2D eigenvalue weighted by molar-refractivity contribution is -0.108. The fourth-order valence-electron chi connectivity index (χ4n) is 2.76. The molecule has 0 spiro atoms. The zero-order valence-electron chi connectivity index (χ0n) is 13.3. The fraction of sp³-hybridized carbons (Fsp3) is 0.529. The fourth-order valence-corrected chi connectivity index (χ4v) is 2.95. The van der Waals surface area contributed by atoms with Gasteiger partial charge >= 0.3 is 6.09 Å². The molecule has 4 nitrogen and oxygen atoms in total. The summed E-state index contributed by atoms with van der Waals surface area (Å²) in [4.78, 5) is 24.9. The summed E-state index contributed by atoms with van der Waals surface area (Å²) in [5.74, 6) is 0. The summed E-state index contributed by atoms with van der Waals surface area (Å²) < 4.78 is 5.50. The van der Waals surface area contributed by atoms with Crippen LogP contribution in [0.25, 0.3) is 0 Å². The van der Waals surface area contributed by atoms with Gasteiger partial charge in [-0.05, 0) is 56.9 Å². The summed E-state index contributed by atoms with van der Waals surface area (Å²) in [6.07, 6.45) is 2.30. The average molecular weight is 324 g/mol. The first-order chi connectivity index (χ1) is 10.3. The van der Waals surface area contributed by atoms with Crippen molar-refractivity contribution in [2.45, 2.75) is 51.7 Å². The highest BCUT2D eigenvalue weighted by atomic mass is 35.5. The molecule has 5 heteroatoms. The zero-order chi connectivity index (χ0) is 16.3. The van der Waals surface area contributed by atoms with Gasteiger partial charge in [0.25, 0.3) is 0 Å². The monoisotopic (exact) mass is 323 g/mol. The van der Waals surface area contributed by atoms with Crippen molar-refractivity contribution in [2.24, 2.45) is 0 Å². The maximum absolute atomic E-state index is 12.5. The molecule has 0 N–H and O–H groups in total. The van der Waals surface area contributed by atoms with Crippen LogP contribution in [0.2, 0.25) is 5.02 Å². The number of hydrogen-bond acceptors (Lipinski definition) is 3. The Morgan fingerprint density at radius 2 is 2.18 bits per heavy atom. The van der Waals surface area contributed by atoms with E-state index in [1.807, 2.05) is 39.0 Å². The Labute approximate surface area is 136 Å². The van der Waals surface area contributed by atoms with E-state index in [1.165, 1.54) is 0 Å². The van der Waals surface area contributed by atoms with Gasteiger partial charge in [0, 0.05) is 18.0 Å². The highest BCUT2D eigenvalue weighted by Crippen LogP contribution is 2.35. The molecule has 1 aliphatic heterocycles. The second-order valence-corrected chi connectivity index (χ2v) is 6.96. The van der Waals surface area contributed by atoms with Crippen LogP contribution >= 0.6 is 11.6 Å². The van der Waals surface area contributed by atoms with Gasteiger partial charge in [0.1, 0.15) is 11.9 Å². The molecule has 1 heterocycles. The van der Waals surface area contributed by atoms with Crippen LogP contribution in [0.5, 0.6) is 0 Å². The predicted octanol–water partition coefficient (Wildman–Crippen LogP) is 4.15. The van der Waals surface area contributed by atoms with Crippen molar-refractivity contribution in [3.63, 3.8) is 0 Å². The van der Waals surface area contributed by atoms with E-state index in [0.717, 1.165) is 23.8 Å². The zero-order valence-corrected chi connectivity index (χ0v) is 14.0. The second-order valence-electron chi connectivity index (χ2n) is 6.53. The molecule has 22 heavy (non-hydrogen) atoms. The number of nitrogens with zero attached hydrogens (tertiary/aromatic N) is 1. The molecule has 1 atom stereocenters. The van der Waals surface area contributed by atoms with E-state index in [-0.39, 0.29) is 12.1 Å². The minimum absolute atomic E-state index is 0.138. The Kier molecular flexibility index (Phi) is 5.12. The van der Waals surface area contributed by atoms with Crippen LogP contribution in [-0.4, -0.2) is 29.4 Å². The molecular formula is C17H22ClNO3. The summed E-state index contributed by atoms with van der Waals surface area (Å²) in [7, 11) is 0. The molecule has 1 amide bonds. The minimum Gasteiger partial charge on any atom is -0.444 e. The van der Waals surface area contributed by atoms with Gasteiger partial charge in [-0.2, -0.15) is 0 Å². The summed E-state index contributed by atoms with van der Waals surface area (Å²) >= 11 is 6.05. The molecule has 0 saturated heterocycles. The second kappa shape index (κ2) is 6.69. The van der Waals surface area contributed by atoms with Crippen molar-refractivity contribution in [1.82, 2.24) is 4.90 Å². The van der Waals surface area contributed by atoms with E-state index >= 15 is 0 Å². The lowest BCUT2D eigenvalue weighted by Crippen LogP contribution is -2.43. The van der Waals surface area contributed by atoms with Crippen molar-refractivity contribution in [2.75, 3.05) is 6.54 Å². The van der Waals surface area contributed by atoms with Crippen molar-refractivity contribution in [1.29, 1.82) is 0 Å². The number of halogens is 1. The van der Waals surface area contributed by atoms with Crippen molar-refractivity contribution >= 4 is 24.0 Å². The maximum atomic E-state index is 12.5. The Morgan fingerprint density at radius 3 is 2.82 bits per heavy atom. The van der Waals surface area contributed by atoms with Crippen LogP contribution in [-0.2, 0) is 16.0 Å². The van der Waals surface area contributed by atoms with Gasteiger partial charge in [0.05, 0.1) is 6.04 Å². The van der Waals surface area contributed by atoms with Crippen LogP contribution in [0.15, 0.2) is 18.2 Å². The van der Waals surface area contributed by atoms with Crippen molar-refractivity contribution in [3.8, 4) is 0 Å². The number of ether oxygens (including phenoxy) is 1. The molecule has 0 saturated carbocycles. The first-order valence-corrected chi connectivity index (χ1v) is 7.91. The maximum Gasteiger partial charge on any atom is 0.410 e. The third-order valence-corrected chi connectivity index (χ3v) is 3.88. The van der Waals surface area contributed by atoms with Crippen LogP contribution in [0.3, 0.4) is 0 Å². The topological polar surface area (TPSA) is 46.6 Å². The lowest BCUT2D eigenvalue weighted by atomic mass is 9.90. The molecule has 1 unspecified atom stereocenters. The van der Waals surface area contributed by atoms with Crippen LogP contribution < -0.4 is 0 Å². The smallest absolute Gasteiger partial charge is 0.410 e. The molecule has 0 aliphatic carbocycles. The van der Waals surface area contributed by atoms with Gasteiger partial charge in [-0.25, -0.2) is 4.79 Å². The first-order valence-electron chi connectivity index (χ1n) is 7.53. The van der Waals surface area contributed by atoms with E-state index in [9.17, 15) is 9.59 Å². The molecular weight excluding hydrogens is 302 g/mol. The van der Waals surface area contributed by atoms with Crippen LogP contribution in [0.1, 0.15) is 50.8 Å². The van der Waals surface area contributed by atoms with Gasteiger partial charge in [0.15, 0.2) is 0 Å². The molecule has 1 aromatic rings. The molecule has 2 rings (SSSR count). The third kappa shape index (κ3) is 4.01. The normalized spacial score (nSPS) is 17.8. The number of carbonyl (C=O) groups is 2. The minimum atomic E-state index is -0.535. The molecule has 1 aliphatic rings. The van der Waals surface area contributed by atoms with Gasteiger partial charge in [0.2, 0.25) is 0 Å². The van der Waals surface area contributed by atoms with E-state index < -0.39 is 5.60 Å². The Hall–Kier alpha value is -1.55. The van der Waals surface area contributed by atoms with Gasteiger partial charge in [-0.3, -0.25) is 0 Å². The van der Waals surface area contributed by atoms with Crippen molar-refractivity contribution < 1.29 is 14.3 Å². The first kappa shape index (κ1) is 16.8. The summed E-state index contributed by atoms with van der Waals surface area (Å²) in [6, 6.07) is 5.58. The molecule has 0 bridgehead atoms. The number of benzene rings is 1. The quantitative estimate of drug-likeness (QED) is 0.785. The van der Waals surface area contributed by atoms with E-state index in [0.29, 0.717) is 24.4 Å². The summed E-state index contributed by atoms with van der Waals surface area (Å²) in [5, 5.41) is 0.693. The number of rotatable bonds is 3. The summed E-state index contributed by atoms with van der Waals surface area (Å²) in [6.45, 7) is 6.13. The Morgan fingerprint density at radius 1 is 1.45 bits per heavy atom. The molecule has 120 valence electrons. The van der Waals surface area contributed by atoms with E-state index in [1.54, 1.807) is 4.90 Å². The van der Waals surface area contributed by atoms with Gasteiger partial charge < -0.3 is 14.4 Å². The van der Waals surface area contributed by atoms with Crippen LogP contribution in [0.4, 0.5) is 4.79 Å². The number of hydrogen-bond donors (Lipinski definition) is 0. The number of fused-ring (bicyclic) bond motifs is 1. The Balaban J connectivity index is 2.28. The molecule has 0 radical (unpaired) electrons. The number of aldehydes is 1. The van der Waals surface area contributed by atoms with E-state index in [2.05, 4.69) is 0 Å². The molecule has 1 aromatic carbocycles. The third-order valence-electron chi connectivity index (χ3n) is 3.65. The van der Waals surface area contributed by atoms with Crippen LogP contribution in [0, 0.1) is 0 Å². The largest absolute Gasteiger partial charge is 0.444 e. The SMILES string of the molecule is CC(C)(C)OC(=O)N1CCc2cc(Cl)ccc2C1CCC=O.